The van der Waals surface area contributed by atoms with Gasteiger partial charge in [-0.25, -0.2) is 17.6 Å². The van der Waals surface area contributed by atoms with Crippen molar-refractivity contribution in [3.63, 3.8) is 0 Å². The van der Waals surface area contributed by atoms with Crippen molar-refractivity contribution in [2.24, 2.45) is 14.1 Å². The van der Waals surface area contributed by atoms with E-state index in [1.54, 1.807) is 36.5 Å². The number of alkyl halides is 4. The third-order valence-corrected chi connectivity index (χ3v) is 7.62. The molecule has 0 aromatic carbocycles. The summed E-state index contributed by atoms with van der Waals surface area (Å²) in [5, 5.41) is 26.1. The second kappa shape index (κ2) is 15.0. The molecule has 1 atom stereocenters. The Labute approximate surface area is 251 Å². The fourth-order valence-electron chi connectivity index (χ4n) is 3.18. The molecule has 1 unspecified atom stereocenters. The number of halogens is 7. The minimum Gasteiger partial charge on any atom is -0.383 e. The summed E-state index contributed by atoms with van der Waals surface area (Å²) in [6.45, 7) is 2.33. The number of aliphatic hydroxyl groups excluding tert-OH is 1. The Bertz CT molecular complexity index is 1350. The predicted octanol–water partition coefficient (Wildman–Crippen LogP) is 5.09. The topological polar surface area (TPSA) is 109 Å². The Morgan fingerprint density at radius 3 is 1.74 bits per heavy atom. The van der Waals surface area contributed by atoms with Gasteiger partial charge >= 0.3 is 0 Å². The molecule has 10 nitrogen and oxygen atoms in total. The molecule has 0 saturated heterocycles. The summed E-state index contributed by atoms with van der Waals surface area (Å²) in [4.78, 5) is 10.3. The lowest BCUT2D eigenvalue weighted by Crippen LogP contribution is -2.06. The van der Waals surface area contributed by atoms with E-state index in [9.17, 15) is 27.5 Å². The number of carbonyl (C=O) groups excluding carboxylic acids is 1. The number of aliphatic hydroxyl groups is 1. The van der Waals surface area contributed by atoms with Gasteiger partial charge < -0.3 is 5.11 Å². The van der Waals surface area contributed by atoms with Crippen LogP contribution in [0.25, 0.3) is 0 Å². The minimum atomic E-state index is -2.48. The van der Waals surface area contributed by atoms with E-state index in [0.717, 1.165) is 17.5 Å². The number of carbonyl (C=O) groups is 1. The molecule has 0 radical (unpaired) electrons. The maximum Gasteiger partial charge on any atom is 0.257 e. The molecule has 0 bridgehead atoms. The van der Waals surface area contributed by atoms with E-state index < -0.39 is 32.0 Å². The highest BCUT2D eigenvalue weighted by Gasteiger charge is 2.21. The summed E-state index contributed by atoms with van der Waals surface area (Å²) in [7, 11) is 3.63. The van der Waals surface area contributed by atoms with Gasteiger partial charge in [0.05, 0.1) is 20.5 Å². The molecule has 0 saturated carbocycles. The quantitative estimate of drug-likeness (QED) is 0.159. The number of aldehydes is 1. The van der Waals surface area contributed by atoms with E-state index in [1.165, 1.54) is 12.4 Å². The predicted molar refractivity (Wildman–Crippen MR) is 150 cm³/mol. The molecule has 17 heteroatoms. The van der Waals surface area contributed by atoms with Crippen LogP contribution in [0.15, 0.2) is 34.0 Å². The normalized spacial score (nSPS) is 11.7. The molecule has 0 spiro atoms. The number of nitrogens with zero attached hydrogens (tertiary/aromatic N) is 8. The van der Waals surface area contributed by atoms with E-state index in [4.69, 9.17) is 0 Å². The Morgan fingerprint density at radius 1 is 0.846 bits per heavy atom. The number of aryl methyl sites for hydroxylation is 4. The fourth-order valence-corrected chi connectivity index (χ4v) is 4.62. The molecular weight excluding hydrogens is 771 g/mol. The fraction of sp³-hybridized carbons (Fsp3) is 0.409. The SMILES string of the molecule is Cc1nn(CC(F)F)cc1C(O)c1cn(C)nc1Br.Cc1nn(CC(F)F)cc1C=O.Cn1cc(I)c(Br)n1. The van der Waals surface area contributed by atoms with Crippen molar-refractivity contribution < 1.29 is 27.5 Å². The second-order valence-corrected chi connectivity index (χ2v) is 10.7. The van der Waals surface area contributed by atoms with Crippen LogP contribution in [0.3, 0.4) is 0 Å². The summed E-state index contributed by atoms with van der Waals surface area (Å²) < 4.78 is 56.4. The number of rotatable bonds is 7. The molecule has 4 rings (SSSR count). The Kier molecular flexibility index (Phi) is 12.8. The summed E-state index contributed by atoms with van der Waals surface area (Å²) in [5.74, 6) is 0. The van der Waals surface area contributed by atoms with E-state index >= 15 is 0 Å². The van der Waals surface area contributed by atoms with Gasteiger partial charge in [-0.1, -0.05) is 0 Å². The molecule has 0 amide bonds. The third-order valence-electron chi connectivity index (χ3n) is 4.89. The Balaban J connectivity index is 0.000000227. The van der Waals surface area contributed by atoms with Crippen LogP contribution in [0.2, 0.25) is 0 Å². The number of hydrogen-bond donors (Lipinski definition) is 1. The van der Waals surface area contributed by atoms with Crippen molar-refractivity contribution in [3.8, 4) is 0 Å². The maximum absolute atomic E-state index is 12.3. The molecule has 1 N–H and O–H groups in total. The van der Waals surface area contributed by atoms with Crippen LogP contribution in [-0.2, 0) is 27.2 Å². The van der Waals surface area contributed by atoms with Crippen LogP contribution in [-0.4, -0.2) is 63.4 Å². The summed E-state index contributed by atoms with van der Waals surface area (Å²) in [6, 6.07) is 0. The third kappa shape index (κ3) is 10.1. The van der Waals surface area contributed by atoms with Crippen LogP contribution >= 0.6 is 54.5 Å². The van der Waals surface area contributed by atoms with Gasteiger partial charge in [0.1, 0.15) is 28.4 Å². The van der Waals surface area contributed by atoms with E-state index in [2.05, 4.69) is 74.8 Å². The molecule has 4 aromatic heterocycles. The van der Waals surface area contributed by atoms with E-state index in [-0.39, 0.29) is 0 Å². The minimum absolute atomic E-state index is 0.357. The smallest absolute Gasteiger partial charge is 0.257 e. The standard InChI is InChI=1S/C11H13BrF2N4O.C7H8F2N2O.C4H4BrIN2/c1-6-7(4-18(15-6)5-9(13)14)10(19)8-3-17(2)16-11(8)12;1-5-6(4-12)2-11(10-5)3-7(8)9;1-8-2-3(6)4(5)7-8/h3-4,9-10,19H,5H2,1-2H3;2,4,7H,3H2,1H3;2H,1H3. The molecule has 0 aliphatic heterocycles. The van der Waals surface area contributed by atoms with Gasteiger partial charge in [-0.15, -0.1) is 0 Å². The van der Waals surface area contributed by atoms with Gasteiger partial charge in [-0.05, 0) is 68.3 Å². The Hall–Kier alpha value is -2.12. The summed E-state index contributed by atoms with van der Waals surface area (Å²) in [5.41, 5.74) is 2.42. The molecule has 4 aromatic rings. The van der Waals surface area contributed by atoms with Crippen LogP contribution in [0.4, 0.5) is 17.6 Å². The largest absolute Gasteiger partial charge is 0.383 e. The van der Waals surface area contributed by atoms with Gasteiger partial charge in [0.25, 0.3) is 12.9 Å². The highest BCUT2D eigenvalue weighted by Crippen LogP contribution is 2.29. The lowest BCUT2D eigenvalue weighted by Gasteiger charge is -2.07. The molecular formula is C22H25Br2F4IN8O2. The second-order valence-electron chi connectivity index (χ2n) is 8.08. The van der Waals surface area contributed by atoms with Crippen molar-refractivity contribution >= 4 is 60.7 Å². The summed E-state index contributed by atoms with van der Waals surface area (Å²) in [6.07, 6.45) is 1.10. The van der Waals surface area contributed by atoms with Gasteiger partial charge in [0.2, 0.25) is 0 Å². The molecule has 0 fully saturated rings. The van der Waals surface area contributed by atoms with Crippen molar-refractivity contribution in [2.75, 3.05) is 0 Å². The summed E-state index contributed by atoms with van der Waals surface area (Å²) >= 11 is 8.74. The molecule has 39 heavy (non-hydrogen) atoms. The zero-order valence-electron chi connectivity index (χ0n) is 21.1. The van der Waals surface area contributed by atoms with Crippen molar-refractivity contribution in [1.29, 1.82) is 0 Å². The van der Waals surface area contributed by atoms with Gasteiger partial charge in [0, 0.05) is 50.0 Å². The van der Waals surface area contributed by atoms with Crippen molar-refractivity contribution in [3.05, 3.63) is 65.6 Å². The zero-order valence-corrected chi connectivity index (χ0v) is 26.4. The van der Waals surface area contributed by atoms with Crippen LogP contribution in [0.1, 0.15) is 39.0 Å². The van der Waals surface area contributed by atoms with Crippen LogP contribution in [0.5, 0.6) is 0 Å². The average Bonchev–Trinajstić information content (AvgIpc) is 3.54. The first kappa shape index (κ1) is 33.1. The van der Waals surface area contributed by atoms with Gasteiger partial charge in [-0.3, -0.25) is 23.5 Å². The van der Waals surface area contributed by atoms with Crippen molar-refractivity contribution in [2.45, 2.75) is 45.9 Å². The van der Waals surface area contributed by atoms with Gasteiger partial charge in [0.15, 0.2) is 6.29 Å². The molecule has 4 heterocycles. The average molecular weight is 796 g/mol. The number of hydrogen-bond acceptors (Lipinski definition) is 6. The number of aromatic nitrogens is 8. The van der Waals surface area contributed by atoms with Gasteiger partial charge in [-0.2, -0.15) is 20.4 Å². The van der Waals surface area contributed by atoms with Crippen molar-refractivity contribution in [1.82, 2.24) is 39.1 Å². The lowest BCUT2D eigenvalue weighted by molar-refractivity contribution is 0.111. The maximum atomic E-state index is 12.3. The monoisotopic (exact) mass is 794 g/mol. The Morgan fingerprint density at radius 2 is 1.36 bits per heavy atom. The molecule has 0 aliphatic carbocycles. The lowest BCUT2D eigenvalue weighted by atomic mass is 10.1. The van der Waals surface area contributed by atoms with E-state index in [0.29, 0.717) is 39.0 Å². The molecule has 0 aliphatic rings. The zero-order chi connectivity index (χ0) is 29.4. The molecule has 214 valence electrons. The highest BCUT2D eigenvalue weighted by atomic mass is 127. The van der Waals surface area contributed by atoms with Crippen LogP contribution < -0.4 is 0 Å². The first-order valence-corrected chi connectivity index (χ1v) is 13.7. The first-order chi connectivity index (χ1) is 18.2. The highest BCUT2D eigenvalue weighted by molar-refractivity contribution is 14.1. The first-order valence-electron chi connectivity index (χ1n) is 11.0. The van der Waals surface area contributed by atoms with Crippen LogP contribution in [0, 0.1) is 17.4 Å². The van der Waals surface area contributed by atoms with E-state index in [1.807, 2.05) is 13.2 Å².